The van der Waals surface area contributed by atoms with Gasteiger partial charge < -0.3 is 14.7 Å². The Kier molecular flexibility index (Phi) is 5.72. The molecule has 1 aromatic heterocycles. The summed E-state index contributed by atoms with van der Waals surface area (Å²) in [5.74, 6) is -0.181. The first-order valence-corrected chi connectivity index (χ1v) is 9.65. The highest BCUT2D eigenvalue weighted by atomic mass is 16.5. The SMILES string of the molecule is O=C(O)Nc1ccc(C(=O)C=Cc2cc(N3CCOCC3)c3ccccc3n2)cc1. The Morgan fingerprint density at radius 1 is 1.07 bits per heavy atom. The minimum atomic E-state index is -1.15. The number of pyridine rings is 1. The highest BCUT2D eigenvalue weighted by Gasteiger charge is 2.15. The molecule has 152 valence electrons. The number of allylic oxidation sites excluding steroid dienone is 1. The number of benzene rings is 2. The van der Waals surface area contributed by atoms with E-state index in [-0.39, 0.29) is 5.78 Å². The first-order valence-electron chi connectivity index (χ1n) is 9.65. The predicted molar refractivity (Wildman–Crippen MR) is 116 cm³/mol. The Labute approximate surface area is 173 Å². The molecule has 0 saturated carbocycles. The van der Waals surface area contributed by atoms with E-state index < -0.39 is 6.09 Å². The van der Waals surface area contributed by atoms with Crippen LogP contribution in [0.5, 0.6) is 0 Å². The molecule has 1 aliphatic heterocycles. The fraction of sp³-hybridized carbons (Fsp3) is 0.174. The second-order valence-corrected chi connectivity index (χ2v) is 6.89. The molecule has 1 saturated heterocycles. The number of carbonyl (C=O) groups excluding carboxylic acids is 1. The summed E-state index contributed by atoms with van der Waals surface area (Å²) in [6, 6.07) is 16.2. The van der Waals surface area contributed by atoms with Gasteiger partial charge in [-0.05, 0) is 48.6 Å². The molecule has 0 atom stereocenters. The molecule has 7 nitrogen and oxygen atoms in total. The maximum atomic E-state index is 12.5. The number of hydrogen-bond acceptors (Lipinski definition) is 5. The summed E-state index contributed by atoms with van der Waals surface area (Å²) in [7, 11) is 0. The first kappa shape index (κ1) is 19.6. The lowest BCUT2D eigenvalue weighted by Crippen LogP contribution is -2.36. The fourth-order valence-electron chi connectivity index (χ4n) is 3.43. The molecule has 7 heteroatoms. The third kappa shape index (κ3) is 4.47. The van der Waals surface area contributed by atoms with Crippen LogP contribution in [-0.2, 0) is 4.74 Å². The molecule has 2 heterocycles. The van der Waals surface area contributed by atoms with Gasteiger partial charge in [-0.2, -0.15) is 0 Å². The zero-order valence-electron chi connectivity index (χ0n) is 16.2. The van der Waals surface area contributed by atoms with Gasteiger partial charge in [0.1, 0.15) is 0 Å². The molecule has 4 rings (SSSR count). The lowest BCUT2D eigenvalue weighted by molar-refractivity contribution is 0.104. The van der Waals surface area contributed by atoms with Gasteiger partial charge in [-0.25, -0.2) is 9.78 Å². The number of amides is 1. The molecular weight excluding hydrogens is 382 g/mol. The van der Waals surface area contributed by atoms with Crippen LogP contribution in [0.1, 0.15) is 16.1 Å². The number of nitrogens with one attached hydrogen (secondary N) is 1. The van der Waals surface area contributed by atoms with Crippen LogP contribution >= 0.6 is 0 Å². The molecule has 1 amide bonds. The van der Waals surface area contributed by atoms with Gasteiger partial charge in [-0.15, -0.1) is 0 Å². The Hall–Kier alpha value is -3.71. The number of hydrogen-bond donors (Lipinski definition) is 2. The number of rotatable bonds is 5. The molecular formula is C23H21N3O4. The van der Waals surface area contributed by atoms with E-state index in [2.05, 4.69) is 21.3 Å². The zero-order chi connectivity index (χ0) is 20.9. The highest BCUT2D eigenvalue weighted by Crippen LogP contribution is 2.28. The average molecular weight is 403 g/mol. The monoisotopic (exact) mass is 403 g/mol. The van der Waals surface area contributed by atoms with Crippen LogP contribution in [0, 0.1) is 0 Å². The largest absolute Gasteiger partial charge is 0.465 e. The van der Waals surface area contributed by atoms with Crippen molar-refractivity contribution in [3.05, 3.63) is 71.9 Å². The lowest BCUT2D eigenvalue weighted by Gasteiger charge is -2.30. The molecule has 1 aliphatic rings. The van der Waals surface area contributed by atoms with Crippen molar-refractivity contribution in [1.29, 1.82) is 0 Å². The molecule has 3 aromatic rings. The van der Waals surface area contributed by atoms with Gasteiger partial charge in [-0.3, -0.25) is 10.1 Å². The molecule has 0 spiro atoms. The van der Waals surface area contributed by atoms with Gasteiger partial charge in [0, 0.05) is 35.4 Å². The van der Waals surface area contributed by atoms with E-state index in [0.717, 1.165) is 29.7 Å². The van der Waals surface area contributed by atoms with Crippen LogP contribution in [0.4, 0.5) is 16.2 Å². The molecule has 2 N–H and O–H groups in total. The molecule has 1 fully saturated rings. The molecule has 2 aromatic carbocycles. The molecule has 0 unspecified atom stereocenters. The van der Waals surface area contributed by atoms with E-state index in [4.69, 9.17) is 9.84 Å². The van der Waals surface area contributed by atoms with Gasteiger partial charge >= 0.3 is 6.09 Å². The normalized spacial score (nSPS) is 14.2. The maximum absolute atomic E-state index is 12.5. The summed E-state index contributed by atoms with van der Waals surface area (Å²) in [5.41, 5.74) is 3.54. The van der Waals surface area contributed by atoms with Crippen LogP contribution in [0.25, 0.3) is 17.0 Å². The van der Waals surface area contributed by atoms with E-state index in [1.54, 1.807) is 30.3 Å². The Balaban J connectivity index is 1.59. The number of aromatic nitrogens is 1. The van der Waals surface area contributed by atoms with Gasteiger partial charge in [0.25, 0.3) is 0 Å². The third-order valence-corrected chi connectivity index (χ3v) is 4.89. The van der Waals surface area contributed by atoms with Crippen molar-refractivity contribution in [2.24, 2.45) is 0 Å². The van der Waals surface area contributed by atoms with Crippen LogP contribution in [0.15, 0.2) is 60.7 Å². The topological polar surface area (TPSA) is 91.8 Å². The minimum Gasteiger partial charge on any atom is -0.465 e. The predicted octanol–water partition coefficient (Wildman–Crippen LogP) is 4.06. The van der Waals surface area contributed by atoms with Crippen molar-refractivity contribution in [3.8, 4) is 0 Å². The van der Waals surface area contributed by atoms with Gasteiger partial charge in [0.2, 0.25) is 0 Å². The minimum absolute atomic E-state index is 0.181. The highest BCUT2D eigenvalue weighted by molar-refractivity contribution is 6.07. The van der Waals surface area contributed by atoms with E-state index in [1.807, 2.05) is 24.3 Å². The number of carbonyl (C=O) groups is 2. The summed E-state index contributed by atoms with van der Waals surface area (Å²) in [4.78, 5) is 30.1. The van der Waals surface area contributed by atoms with Crippen molar-refractivity contribution in [1.82, 2.24) is 4.98 Å². The molecule has 30 heavy (non-hydrogen) atoms. The van der Waals surface area contributed by atoms with Crippen molar-refractivity contribution in [2.45, 2.75) is 0 Å². The number of anilines is 2. The smallest absolute Gasteiger partial charge is 0.409 e. The number of para-hydroxylation sites is 1. The van der Waals surface area contributed by atoms with Crippen molar-refractivity contribution < 1.29 is 19.4 Å². The summed E-state index contributed by atoms with van der Waals surface area (Å²) >= 11 is 0. The second-order valence-electron chi connectivity index (χ2n) is 6.89. The van der Waals surface area contributed by atoms with Gasteiger partial charge in [0.15, 0.2) is 5.78 Å². The van der Waals surface area contributed by atoms with Gasteiger partial charge in [-0.1, -0.05) is 18.2 Å². The number of ether oxygens (including phenoxy) is 1. The Morgan fingerprint density at radius 2 is 1.80 bits per heavy atom. The number of nitrogens with zero attached hydrogens (tertiary/aromatic N) is 2. The van der Waals surface area contributed by atoms with E-state index in [1.165, 1.54) is 6.08 Å². The number of carboxylic acid groups (broad SMARTS) is 1. The average Bonchev–Trinajstić information content (AvgIpc) is 2.77. The molecule has 0 aliphatic carbocycles. The molecule has 0 bridgehead atoms. The Morgan fingerprint density at radius 3 is 2.53 bits per heavy atom. The second kappa shape index (κ2) is 8.75. The number of fused-ring (bicyclic) bond motifs is 1. The summed E-state index contributed by atoms with van der Waals surface area (Å²) in [5, 5.41) is 12.1. The first-order chi connectivity index (χ1) is 14.6. The zero-order valence-corrected chi connectivity index (χ0v) is 16.2. The summed E-state index contributed by atoms with van der Waals surface area (Å²) < 4.78 is 5.47. The third-order valence-electron chi connectivity index (χ3n) is 4.89. The maximum Gasteiger partial charge on any atom is 0.409 e. The standard InChI is InChI=1S/C23H21N3O4/c27-22(16-5-7-17(8-6-16)25-23(28)29)10-9-18-15-21(26-11-13-30-14-12-26)19-3-1-2-4-20(19)24-18/h1-10,15,25H,11-14H2,(H,28,29). The summed E-state index contributed by atoms with van der Waals surface area (Å²) in [6.07, 6.45) is 2.05. The summed E-state index contributed by atoms with van der Waals surface area (Å²) in [6.45, 7) is 3.00. The van der Waals surface area contributed by atoms with Crippen molar-refractivity contribution in [2.75, 3.05) is 36.5 Å². The molecule has 0 radical (unpaired) electrons. The fourth-order valence-corrected chi connectivity index (χ4v) is 3.43. The van der Waals surface area contributed by atoms with Crippen LogP contribution in [-0.4, -0.2) is 48.3 Å². The van der Waals surface area contributed by atoms with Crippen LogP contribution in [0.2, 0.25) is 0 Å². The van der Waals surface area contributed by atoms with Gasteiger partial charge in [0.05, 0.1) is 24.4 Å². The lowest BCUT2D eigenvalue weighted by atomic mass is 10.1. The number of ketones is 1. The van der Waals surface area contributed by atoms with Crippen molar-refractivity contribution >= 4 is 40.2 Å². The van der Waals surface area contributed by atoms with Crippen LogP contribution < -0.4 is 10.2 Å². The quantitative estimate of drug-likeness (QED) is 0.493. The Bertz CT molecular complexity index is 1100. The van der Waals surface area contributed by atoms with E-state index >= 15 is 0 Å². The van der Waals surface area contributed by atoms with E-state index in [0.29, 0.717) is 30.2 Å². The van der Waals surface area contributed by atoms with Crippen molar-refractivity contribution in [3.63, 3.8) is 0 Å². The van der Waals surface area contributed by atoms with Crippen LogP contribution in [0.3, 0.4) is 0 Å². The van der Waals surface area contributed by atoms with E-state index in [9.17, 15) is 9.59 Å². The number of morpholine rings is 1.